The number of aryl methyl sites for hydroxylation is 1. The van der Waals surface area contributed by atoms with Gasteiger partial charge in [-0.15, -0.1) is 0 Å². The third-order valence-electron chi connectivity index (χ3n) is 3.05. The van der Waals surface area contributed by atoms with Crippen molar-refractivity contribution in [3.05, 3.63) is 48.0 Å². The second-order valence-electron chi connectivity index (χ2n) is 5.13. The number of rotatable bonds is 7. The van der Waals surface area contributed by atoms with Crippen molar-refractivity contribution in [2.24, 2.45) is 0 Å². The first kappa shape index (κ1) is 15.3. The van der Waals surface area contributed by atoms with E-state index in [0.717, 1.165) is 36.5 Å². The summed E-state index contributed by atoms with van der Waals surface area (Å²) in [5.74, 6) is -0.0499. The van der Waals surface area contributed by atoms with Crippen LogP contribution in [-0.4, -0.2) is 22.0 Å². The first-order chi connectivity index (χ1) is 10.2. The van der Waals surface area contributed by atoms with E-state index in [1.54, 1.807) is 10.9 Å². The highest BCUT2D eigenvalue weighted by atomic mass is 16.1. The highest BCUT2D eigenvalue weighted by Crippen LogP contribution is 2.09. The number of benzene rings is 1. The van der Waals surface area contributed by atoms with Crippen LogP contribution in [0.2, 0.25) is 0 Å². The maximum absolute atomic E-state index is 12.0. The molecule has 21 heavy (non-hydrogen) atoms. The summed E-state index contributed by atoms with van der Waals surface area (Å²) in [4.78, 5) is 16.3. The molecule has 0 atom stereocenters. The number of carbonyl (C=O) groups excluding carboxylic acids is 1. The lowest BCUT2D eigenvalue weighted by Crippen LogP contribution is -2.18. The van der Waals surface area contributed by atoms with Crippen molar-refractivity contribution in [3.8, 4) is 0 Å². The fourth-order valence-corrected chi connectivity index (χ4v) is 2.07. The van der Waals surface area contributed by atoms with Crippen LogP contribution < -0.4 is 10.6 Å². The molecule has 5 heteroatoms. The molecule has 1 heterocycles. The fourth-order valence-electron chi connectivity index (χ4n) is 2.07. The minimum Gasteiger partial charge on any atom is -0.328 e. The van der Waals surface area contributed by atoms with Crippen LogP contribution in [-0.2, 0) is 17.9 Å². The zero-order chi connectivity index (χ0) is 15.1. The number of anilines is 1. The van der Waals surface area contributed by atoms with Gasteiger partial charge in [0, 0.05) is 18.4 Å². The van der Waals surface area contributed by atoms with Gasteiger partial charge in [-0.2, -0.15) is 0 Å². The SMILES string of the molecule is CCCNCc1cn(CC(=O)Nc2cccc(C)c2)cn1. The molecular weight excluding hydrogens is 264 g/mol. The van der Waals surface area contributed by atoms with E-state index in [9.17, 15) is 4.79 Å². The average molecular weight is 286 g/mol. The Labute approximate surface area is 125 Å². The van der Waals surface area contributed by atoms with Crippen LogP contribution in [0.1, 0.15) is 24.6 Å². The number of hydrogen-bond acceptors (Lipinski definition) is 3. The summed E-state index contributed by atoms with van der Waals surface area (Å²) in [6.45, 7) is 6.11. The molecule has 2 N–H and O–H groups in total. The van der Waals surface area contributed by atoms with Crippen LogP contribution in [0.3, 0.4) is 0 Å². The van der Waals surface area contributed by atoms with Crippen LogP contribution >= 0.6 is 0 Å². The van der Waals surface area contributed by atoms with Gasteiger partial charge in [-0.05, 0) is 37.6 Å². The molecule has 0 bridgehead atoms. The third kappa shape index (κ3) is 5.04. The number of hydrogen-bond donors (Lipinski definition) is 2. The van der Waals surface area contributed by atoms with Crippen molar-refractivity contribution in [2.45, 2.75) is 33.4 Å². The number of imidazole rings is 1. The largest absolute Gasteiger partial charge is 0.328 e. The molecular formula is C16H22N4O. The molecule has 5 nitrogen and oxygen atoms in total. The molecule has 0 saturated carbocycles. The van der Waals surface area contributed by atoms with E-state index in [-0.39, 0.29) is 12.5 Å². The van der Waals surface area contributed by atoms with E-state index >= 15 is 0 Å². The molecule has 0 aliphatic heterocycles. The molecule has 1 aromatic heterocycles. The average Bonchev–Trinajstić information content (AvgIpc) is 2.86. The Bertz CT molecular complexity index is 591. The fraction of sp³-hybridized carbons (Fsp3) is 0.375. The Kier molecular flexibility index (Phi) is 5.51. The first-order valence-corrected chi connectivity index (χ1v) is 7.25. The summed E-state index contributed by atoms with van der Waals surface area (Å²) in [6, 6.07) is 7.77. The Morgan fingerprint density at radius 2 is 2.24 bits per heavy atom. The number of aromatic nitrogens is 2. The number of nitrogens with one attached hydrogen (secondary N) is 2. The Morgan fingerprint density at radius 3 is 3.00 bits per heavy atom. The predicted molar refractivity (Wildman–Crippen MR) is 84.0 cm³/mol. The minimum atomic E-state index is -0.0499. The smallest absolute Gasteiger partial charge is 0.244 e. The summed E-state index contributed by atoms with van der Waals surface area (Å²) < 4.78 is 1.80. The van der Waals surface area contributed by atoms with Gasteiger partial charge < -0.3 is 15.2 Å². The zero-order valence-electron chi connectivity index (χ0n) is 12.6. The van der Waals surface area contributed by atoms with E-state index in [4.69, 9.17) is 0 Å². The van der Waals surface area contributed by atoms with Gasteiger partial charge in [0.1, 0.15) is 6.54 Å². The van der Waals surface area contributed by atoms with Crippen LogP contribution in [0, 0.1) is 6.92 Å². The summed E-state index contributed by atoms with van der Waals surface area (Å²) in [5, 5.41) is 6.18. The number of carbonyl (C=O) groups is 1. The van der Waals surface area contributed by atoms with Gasteiger partial charge in [0.15, 0.2) is 0 Å². The van der Waals surface area contributed by atoms with E-state index in [0.29, 0.717) is 0 Å². The van der Waals surface area contributed by atoms with E-state index in [1.165, 1.54) is 0 Å². The molecule has 112 valence electrons. The first-order valence-electron chi connectivity index (χ1n) is 7.25. The van der Waals surface area contributed by atoms with Crippen molar-refractivity contribution in [3.63, 3.8) is 0 Å². The molecule has 2 rings (SSSR count). The van der Waals surface area contributed by atoms with Crippen molar-refractivity contribution in [1.29, 1.82) is 0 Å². The summed E-state index contributed by atoms with van der Waals surface area (Å²) >= 11 is 0. The lowest BCUT2D eigenvalue weighted by Gasteiger charge is -2.06. The van der Waals surface area contributed by atoms with Crippen LogP contribution in [0.15, 0.2) is 36.8 Å². The highest BCUT2D eigenvalue weighted by molar-refractivity contribution is 5.90. The Morgan fingerprint density at radius 1 is 1.38 bits per heavy atom. The van der Waals surface area contributed by atoms with Crippen molar-refractivity contribution >= 4 is 11.6 Å². The van der Waals surface area contributed by atoms with Gasteiger partial charge in [0.2, 0.25) is 5.91 Å². The number of amides is 1. The van der Waals surface area contributed by atoms with Gasteiger partial charge in [-0.1, -0.05) is 19.1 Å². The van der Waals surface area contributed by atoms with Crippen molar-refractivity contribution < 1.29 is 4.79 Å². The summed E-state index contributed by atoms with van der Waals surface area (Å²) in [5.41, 5.74) is 2.90. The minimum absolute atomic E-state index is 0.0499. The molecule has 1 aromatic carbocycles. The molecule has 0 radical (unpaired) electrons. The predicted octanol–water partition coefficient (Wildman–Crippen LogP) is 2.33. The van der Waals surface area contributed by atoms with Gasteiger partial charge in [-0.25, -0.2) is 4.98 Å². The van der Waals surface area contributed by atoms with E-state index < -0.39 is 0 Å². The molecule has 2 aromatic rings. The standard InChI is InChI=1S/C16H22N4O/c1-3-7-17-9-15-10-20(12-18-15)11-16(21)19-14-6-4-5-13(2)8-14/h4-6,8,10,12,17H,3,7,9,11H2,1-2H3,(H,19,21). The zero-order valence-corrected chi connectivity index (χ0v) is 12.6. The normalized spacial score (nSPS) is 10.6. The second kappa shape index (κ2) is 7.59. The van der Waals surface area contributed by atoms with Crippen LogP contribution in [0.25, 0.3) is 0 Å². The quantitative estimate of drug-likeness (QED) is 0.768. The van der Waals surface area contributed by atoms with Crippen LogP contribution in [0.4, 0.5) is 5.69 Å². The molecule has 0 aliphatic carbocycles. The maximum Gasteiger partial charge on any atom is 0.244 e. The summed E-state index contributed by atoms with van der Waals surface area (Å²) in [7, 11) is 0. The topological polar surface area (TPSA) is 59.0 Å². The van der Waals surface area contributed by atoms with Crippen molar-refractivity contribution in [1.82, 2.24) is 14.9 Å². The molecule has 0 saturated heterocycles. The second-order valence-corrected chi connectivity index (χ2v) is 5.13. The van der Waals surface area contributed by atoms with E-state index in [2.05, 4.69) is 22.5 Å². The van der Waals surface area contributed by atoms with Gasteiger partial charge in [-0.3, -0.25) is 4.79 Å². The Hall–Kier alpha value is -2.14. The van der Waals surface area contributed by atoms with E-state index in [1.807, 2.05) is 37.4 Å². The third-order valence-corrected chi connectivity index (χ3v) is 3.05. The molecule has 0 fully saturated rings. The van der Waals surface area contributed by atoms with Crippen molar-refractivity contribution in [2.75, 3.05) is 11.9 Å². The molecule has 0 unspecified atom stereocenters. The lowest BCUT2D eigenvalue weighted by molar-refractivity contribution is -0.116. The van der Waals surface area contributed by atoms with Gasteiger partial charge in [0.25, 0.3) is 0 Å². The summed E-state index contributed by atoms with van der Waals surface area (Å²) in [6.07, 6.45) is 4.69. The Balaban J connectivity index is 1.85. The molecule has 0 aliphatic rings. The van der Waals surface area contributed by atoms with Gasteiger partial charge >= 0.3 is 0 Å². The highest BCUT2D eigenvalue weighted by Gasteiger charge is 2.05. The lowest BCUT2D eigenvalue weighted by atomic mass is 10.2. The van der Waals surface area contributed by atoms with Crippen LogP contribution in [0.5, 0.6) is 0 Å². The maximum atomic E-state index is 12.0. The molecule has 0 spiro atoms. The number of nitrogens with zero attached hydrogens (tertiary/aromatic N) is 2. The monoisotopic (exact) mass is 286 g/mol. The molecule has 1 amide bonds. The van der Waals surface area contributed by atoms with Gasteiger partial charge in [0.05, 0.1) is 12.0 Å².